The Morgan fingerprint density at radius 2 is 1.32 bits per heavy atom. The zero-order valence-electron chi connectivity index (χ0n) is 31.3. The molecular formula is C27H39N2O25P4S2-5. The third kappa shape index (κ3) is 25.5. The molecule has 0 saturated carbocycles. The minimum absolute atomic E-state index is 0.0264. The first-order chi connectivity index (χ1) is 27.9. The fourth-order valence-corrected chi connectivity index (χ4v) is 7.93. The van der Waals surface area contributed by atoms with Crippen LogP contribution in [0.3, 0.4) is 0 Å². The number of esters is 1. The summed E-state index contributed by atoms with van der Waals surface area (Å²) in [7, 11) is -23.5. The third-order valence-electron chi connectivity index (χ3n) is 7.07. The predicted molar refractivity (Wildman–Crippen MR) is 191 cm³/mol. The minimum Gasteiger partial charge on any atom is -0.790 e. The molecule has 1 saturated heterocycles. The Kier molecular flexibility index (Phi) is 25.6. The molecule has 0 bridgehead atoms. The van der Waals surface area contributed by atoms with Gasteiger partial charge in [0, 0.05) is 30.7 Å². The number of Topliss-reactive ketones (excluding diaryl/α,β-unsaturated/α-hetero) is 1. The van der Waals surface area contributed by atoms with E-state index in [2.05, 4.69) is 31.7 Å². The van der Waals surface area contributed by atoms with E-state index in [0.29, 0.717) is 19.3 Å². The molecule has 0 spiro atoms. The lowest BCUT2D eigenvalue weighted by atomic mass is 10.1. The highest BCUT2D eigenvalue weighted by atomic mass is 32.2. The Bertz CT molecular complexity index is 1880. The summed E-state index contributed by atoms with van der Waals surface area (Å²) in [5.41, 5.74) is -0.344. The van der Waals surface area contributed by atoms with Crippen LogP contribution in [0.5, 0.6) is 5.75 Å². The number of thioether (sulfide) groups is 1. The van der Waals surface area contributed by atoms with Gasteiger partial charge in [-0.15, -0.1) is 24.4 Å². The molecule has 5 atom stereocenters. The van der Waals surface area contributed by atoms with Crippen LogP contribution < -0.4 is 29.2 Å². The molecule has 27 nitrogen and oxygen atoms in total. The van der Waals surface area contributed by atoms with Crippen LogP contribution in [-0.2, 0) is 74.9 Å². The van der Waals surface area contributed by atoms with Crippen molar-refractivity contribution in [1.82, 2.24) is 4.90 Å². The number of para-hydroxylation sites is 2. The van der Waals surface area contributed by atoms with Crippen molar-refractivity contribution in [2.45, 2.75) is 44.3 Å². The first-order valence-electron chi connectivity index (χ1n) is 17.0. The molecule has 5 unspecified atom stereocenters. The highest BCUT2D eigenvalue weighted by molar-refractivity contribution is 8.01. The lowest BCUT2D eigenvalue weighted by Gasteiger charge is -2.31. The summed E-state index contributed by atoms with van der Waals surface area (Å²) in [5, 5.41) is 9.96. The van der Waals surface area contributed by atoms with E-state index in [1.807, 2.05) is 0 Å². The van der Waals surface area contributed by atoms with Crippen LogP contribution in [0.25, 0.3) is 0 Å². The zero-order valence-corrected chi connectivity index (χ0v) is 36.5. The van der Waals surface area contributed by atoms with Gasteiger partial charge in [-0.25, -0.2) is 0 Å². The molecule has 0 N–H and O–H groups in total. The van der Waals surface area contributed by atoms with E-state index in [1.54, 1.807) is 0 Å². The van der Waals surface area contributed by atoms with Crippen molar-refractivity contribution in [3.8, 4) is 5.75 Å². The zero-order chi connectivity index (χ0) is 45.6. The molecule has 1 heterocycles. The molecule has 33 heteroatoms. The summed E-state index contributed by atoms with van der Waals surface area (Å²) in [4.78, 5) is 106. The molecule has 1 fully saturated rings. The van der Waals surface area contributed by atoms with Crippen molar-refractivity contribution in [3.05, 3.63) is 34.4 Å². The molecule has 1 aromatic rings. The minimum atomic E-state index is -5.28. The molecule has 1 amide bonds. The molecular weight excluding hydrogens is 940 g/mol. The van der Waals surface area contributed by atoms with Gasteiger partial charge < -0.3 is 70.3 Å². The number of phosphoric acid groups is 4. The number of amides is 1. The molecule has 1 aliphatic rings. The maximum Gasteiger partial charge on any atom is 0.425 e. The Balaban J connectivity index is 0.00000429. The number of hydrogen-bond acceptors (Lipinski definition) is 26. The Morgan fingerprint density at radius 1 is 0.817 bits per heavy atom. The van der Waals surface area contributed by atoms with Crippen molar-refractivity contribution in [2.24, 2.45) is 5.92 Å². The van der Waals surface area contributed by atoms with Gasteiger partial charge in [-0.3, -0.25) is 38.2 Å². The molecule has 344 valence electrons. The summed E-state index contributed by atoms with van der Waals surface area (Å²) in [5.74, 6) is -2.63. The first kappa shape index (κ1) is 55.7. The Morgan fingerprint density at radius 3 is 1.83 bits per heavy atom. The number of carbonyl (C=O) groups excluding carboxylic acids is 3. The van der Waals surface area contributed by atoms with Gasteiger partial charge in [0.25, 0.3) is 23.5 Å². The van der Waals surface area contributed by atoms with E-state index in [0.717, 1.165) is 11.8 Å². The summed E-state index contributed by atoms with van der Waals surface area (Å²) >= 11 is 0.846. The molecule has 0 aliphatic carbocycles. The average molecular weight is 980 g/mol. The molecule has 2 rings (SSSR count). The normalized spacial score (nSPS) is 17.8. The maximum absolute atomic E-state index is 12.7. The molecule has 0 radical (unpaired) electrons. The van der Waals surface area contributed by atoms with Crippen molar-refractivity contribution < 1.29 is 111 Å². The number of ether oxygens (including phenoxy) is 1. The van der Waals surface area contributed by atoms with Gasteiger partial charge in [-0.2, -0.15) is 0 Å². The van der Waals surface area contributed by atoms with E-state index in [-0.39, 0.29) is 43.1 Å². The number of rotatable bonds is 30. The highest BCUT2D eigenvalue weighted by Gasteiger charge is 2.39. The van der Waals surface area contributed by atoms with Gasteiger partial charge in [-0.1, -0.05) is 25.5 Å². The van der Waals surface area contributed by atoms with Crippen LogP contribution in [0.2, 0.25) is 0 Å². The second kappa shape index (κ2) is 27.6. The number of hydrogen-bond donors (Lipinski definition) is 0. The topological polar surface area (TPSA) is 406 Å². The summed E-state index contributed by atoms with van der Waals surface area (Å²) < 4.78 is 108. The van der Waals surface area contributed by atoms with Gasteiger partial charge in [0.2, 0.25) is 11.7 Å². The van der Waals surface area contributed by atoms with Crippen molar-refractivity contribution in [3.63, 3.8) is 0 Å². The van der Waals surface area contributed by atoms with E-state index >= 15 is 0 Å². The summed E-state index contributed by atoms with van der Waals surface area (Å²) in [6.07, 6.45) is 1.45. The number of benzene rings is 1. The number of nitro groups is 1. The number of nitro benzene ring substituents is 1. The summed E-state index contributed by atoms with van der Waals surface area (Å²) in [6.45, 7) is -3.58. The highest BCUT2D eigenvalue weighted by Crippen LogP contribution is 2.42. The Hall–Kier alpha value is -2.36. The standard InChI is InChI=1S/C27H44N2O22P4S.O3S/c1-2-21(19-49-52(35,36)37)20-50-55(42,43)47-15-14-45-53(38,39)44-12-13-46-54(40,41)48-16-17-56-26-23(30)18-28(27(26)32)11-7-3-4-10-25(31)51-24-9-6-5-8-22(24)29(33)34;1-4(2)3/h5-6,8-9,21,26H,2-4,7,10-20H2,1H3,(H,38,39)(H,40,41)(H,42,43)(H2,35,36,37);/p-5. The SMILES string of the molecule is CCC(COP(=O)([O-])[O-])COP(=O)([O-])OCCOP(=O)([O-])OCCOP(=O)([O-])OCCSC1C(=O)CN(CCCCCC(=O)Oc2ccccc2[N+](=O)[O-])C1=O.O=S(=O)=O. The molecule has 1 aliphatic heterocycles. The number of carbonyl (C=O) groups is 3. The fourth-order valence-electron chi connectivity index (χ4n) is 4.32. The van der Waals surface area contributed by atoms with Crippen LogP contribution in [0.4, 0.5) is 5.69 Å². The number of nitrogens with zero attached hydrogens (tertiary/aromatic N) is 2. The van der Waals surface area contributed by atoms with Crippen molar-refractivity contribution in [1.29, 1.82) is 0 Å². The number of phosphoric ester groups is 4. The number of ketones is 1. The van der Waals surface area contributed by atoms with Crippen molar-refractivity contribution in [2.75, 3.05) is 65.1 Å². The van der Waals surface area contributed by atoms with Crippen LogP contribution >= 0.6 is 43.1 Å². The van der Waals surface area contributed by atoms with Crippen LogP contribution in [0.1, 0.15) is 39.0 Å². The maximum atomic E-state index is 12.7. The van der Waals surface area contributed by atoms with Gasteiger partial charge >= 0.3 is 22.3 Å². The quantitative estimate of drug-likeness (QED) is 0.0169. The summed E-state index contributed by atoms with van der Waals surface area (Å²) in [6, 6.07) is 5.44. The van der Waals surface area contributed by atoms with Gasteiger partial charge in [0.15, 0.2) is 5.78 Å². The lowest BCUT2D eigenvalue weighted by Crippen LogP contribution is -2.29. The third-order valence-corrected chi connectivity index (χ3v) is 11.7. The molecule has 60 heavy (non-hydrogen) atoms. The lowest BCUT2D eigenvalue weighted by molar-refractivity contribution is -0.385. The monoisotopic (exact) mass is 979 g/mol. The number of likely N-dealkylation sites (tertiary alicyclic amines) is 1. The van der Waals surface area contributed by atoms with E-state index in [1.165, 1.54) is 36.1 Å². The van der Waals surface area contributed by atoms with Crippen LogP contribution in [-0.4, -0.2) is 110 Å². The van der Waals surface area contributed by atoms with Gasteiger partial charge in [-0.05, 0) is 25.3 Å². The van der Waals surface area contributed by atoms with Crippen LogP contribution in [0, 0.1) is 16.0 Å². The second-order valence-corrected chi connectivity index (χ2v) is 18.5. The fraction of sp³-hybridized carbons (Fsp3) is 0.667. The van der Waals surface area contributed by atoms with E-state index in [4.69, 9.17) is 17.4 Å². The van der Waals surface area contributed by atoms with E-state index in [9.17, 15) is 67.2 Å². The average Bonchev–Trinajstić information content (AvgIpc) is 3.40. The number of unbranched alkanes of at least 4 members (excludes halogenated alkanes) is 2. The smallest absolute Gasteiger partial charge is 0.425 e. The molecule has 0 aromatic heterocycles. The molecule has 1 aromatic carbocycles. The van der Waals surface area contributed by atoms with E-state index < -0.39 is 122 Å². The first-order valence-corrected chi connectivity index (χ1v) is 24.9. The van der Waals surface area contributed by atoms with Crippen LogP contribution in [0.15, 0.2) is 24.3 Å². The Labute approximate surface area is 347 Å². The van der Waals surface area contributed by atoms with Gasteiger partial charge in [0.1, 0.15) is 5.25 Å². The second-order valence-electron chi connectivity index (χ2n) is 11.5. The largest absolute Gasteiger partial charge is 0.790 e. The van der Waals surface area contributed by atoms with Crippen molar-refractivity contribution >= 4 is 77.0 Å². The predicted octanol–water partition coefficient (Wildman–Crippen LogP) is -1.05. The van der Waals surface area contributed by atoms with Gasteiger partial charge in [0.05, 0.1) is 65.5 Å².